The highest BCUT2D eigenvalue weighted by molar-refractivity contribution is 6.30. The molecule has 1 heterocycles. The number of fused-ring (bicyclic) bond motifs is 1. The lowest BCUT2D eigenvalue weighted by molar-refractivity contribution is -0.149. The number of nitrogens with zero attached hydrogens (tertiary/aromatic N) is 1. The summed E-state index contributed by atoms with van der Waals surface area (Å²) in [6, 6.07) is 10.8. The third-order valence-electron chi connectivity index (χ3n) is 4.03. The Morgan fingerprint density at radius 2 is 2.04 bits per heavy atom. The minimum Gasteiger partial charge on any atom is -0.449 e. The van der Waals surface area contributed by atoms with Gasteiger partial charge in [-0.1, -0.05) is 29.8 Å². The molecule has 2 amide bonds. The normalized spacial score (nSPS) is 14.4. The van der Waals surface area contributed by atoms with Gasteiger partial charge in [0.15, 0.2) is 6.10 Å². The molecule has 0 aromatic heterocycles. The summed E-state index contributed by atoms with van der Waals surface area (Å²) in [6.45, 7) is 1.26. The van der Waals surface area contributed by atoms with Crippen molar-refractivity contribution in [3.63, 3.8) is 0 Å². The molecule has 0 unspecified atom stereocenters. The number of carbonyl (C=O) groups is 3. The van der Waals surface area contributed by atoms with E-state index in [1.807, 2.05) is 0 Å². The first-order valence-electron chi connectivity index (χ1n) is 8.39. The van der Waals surface area contributed by atoms with E-state index in [0.717, 1.165) is 6.08 Å². The van der Waals surface area contributed by atoms with Crippen molar-refractivity contribution in [2.75, 3.05) is 16.8 Å². The topological polar surface area (TPSA) is 75.7 Å². The summed E-state index contributed by atoms with van der Waals surface area (Å²) in [5.74, 6) is -2.17. The second-order valence-electron chi connectivity index (χ2n) is 6.08. The Hall–Kier alpha value is -3.19. The quantitative estimate of drug-likeness (QED) is 0.628. The van der Waals surface area contributed by atoms with E-state index in [-0.39, 0.29) is 17.5 Å². The number of para-hydroxylation sites is 2. The highest BCUT2D eigenvalue weighted by atomic mass is 35.5. The molecule has 1 aliphatic heterocycles. The number of amides is 2. The molecule has 0 saturated carbocycles. The van der Waals surface area contributed by atoms with Gasteiger partial charge < -0.3 is 10.1 Å². The number of benzene rings is 2. The molecule has 3 rings (SSSR count). The van der Waals surface area contributed by atoms with Crippen molar-refractivity contribution in [3.8, 4) is 0 Å². The number of hydrogen-bond acceptors (Lipinski definition) is 4. The van der Waals surface area contributed by atoms with E-state index >= 15 is 0 Å². The molecule has 28 heavy (non-hydrogen) atoms. The molecule has 2 aromatic rings. The van der Waals surface area contributed by atoms with Crippen LogP contribution in [-0.2, 0) is 19.1 Å². The molecule has 1 atom stereocenters. The second kappa shape index (κ2) is 8.22. The molecule has 0 saturated heterocycles. The zero-order valence-electron chi connectivity index (χ0n) is 14.8. The Morgan fingerprint density at radius 1 is 1.29 bits per heavy atom. The third kappa shape index (κ3) is 4.37. The molecule has 0 radical (unpaired) electrons. The largest absolute Gasteiger partial charge is 0.449 e. The molecule has 0 aliphatic carbocycles. The summed E-state index contributed by atoms with van der Waals surface area (Å²) < 4.78 is 18.3. The number of nitrogens with one attached hydrogen (secondary N) is 1. The number of ether oxygens (including phenoxy) is 1. The number of anilines is 2. The highest BCUT2D eigenvalue weighted by Crippen LogP contribution is 2.29. The summed E-state index contributed by atoms with van der Waals surface area (Å²) in [5, 5.41) is 2.61. The first-order chi connectivity index (χ1) is 13.3. The van der Waals surface area contributed by atoms with E-state index in [9.17, 15) is 18.8 Å². The highest BCUT2D eigenvalue weighted by Gasteiger charge is 2.31. The van der Waals surface area contributed by atoms with Crippen LogP contribution < -0.4 is 10.2 Å². The summed E-state index contributed by atoms with van der Waals surface area (Å²) in [4.78, 5) is 37.8. The van der Waals surface area contributed by atoms with E-state index in [1.54, 1.807) is 24.3 Å². The molecule has 6 nitrogen and oxygen atoms in total. The lowest BCUT2D eigenvalue weighted by Crippen LogP contribution is -2.46. The molecular weight excluding hydrogens is 387 g/mol. The summed E-state index contributed by atoms with van der Waals surface area (Å²) in [6.07, 6.45) is 1.41. The van der Waals surface area contributed by atoms with Crippen molar-refractivity contribution in [1.29, 1.82) is 0 Å². The standard InChI is InChI=1S/C20H16ClFN2O4/c1-12(28-19(26)9-7-13-6-8-15(22)14(21)10-13)20(27)24-11-18(25)23-16-4-2-3-5-17(16)24/h2-10,12H,11H2,1H3,(H,23,25)/b9-7+/t12-/m1/s1. The number of hydrogen-bond donors (Lipinski definition) is 1. The third-order valence-corrected chi connectivity index (χ3v) is 4.32. The minimum absolute atomic E-state index is 0.0684. The average molecular weight is 403 g/mol. The fourth-order valence-corrected chi connectivity index (χ4v) is 2.88. The first-order valence-corrected chi connectivity index (χ1v) is 8.77. The summed E-state index contributed by atoms with van der Waals surface area (Å²) in [5.41, 5.74) is 1.55. The number of carbonyl (C=O) groups excluding carboxylic acids is 3. The van der Waals surface area contributed by atoms with Crippen LogP contribution in [-0.4, -0.2) is 30.4 Å². The Bertz CT molecular complexity index is 976. The van der Waals surface area contributed by atoms with Gasteiger partial charge in [-0.05, 0) is 42.8 Å². The van der Waals surface area contributed by atoms with E-state index in [1.165, 1.54) is 36.1 Å². The van der Waals surface area contributed by atoms with E-state index in [4.69, 9.17) is 16.3 Å². The van der Waals surface area contributed by atoms with Crippen LogP contribution in [0.3, 0.4) is 0 Å². The van der Waals surface area contributed by atoms with Crippen LogP contribution in [0, 0.1) is 5.82 Å². The SMILES string of the molecule is C[C@@H](OC(=O)/C=C/c1ccc(F)c(Cl)c1)C(=O)N1CC(=O)Nc2ccccc21. The van der Waals surface area contributed by atoms with Gasteiger partial charge in [0, 0.05) is 6.08 Å². The van der Waals surface area contributed by atoms with E-state index < -0.39 is 23.8 Å². The van der Waals surface area contributed by atoms with Crippen LogP contribution in [0.15, 0.2) is 48.5 Å². The Kier molecular flexibility index (Phi) is 5.75. The maximum atomic E-state index is 13.2. The maximum Gasteiger partial charge on any atom is 0.331 e. The minimum atomic E-state index is -1.10. The van der Waals surface area contributed by atoms with E-state index in [2.05, 4.69) is 5.32 Å². The molecule has 1 aliphatic rings. The Morgan fingerprint density at radius 3 is 2.79 bits per heavy atom. The van der Waals surface area contributed by atoms with Crippen LogP contribution in [0.4, 0.5) is 15.8 Å². The van der Waals surface area contributed by atoms with Crippen molar-refractivity contribution in [1.82, 2.24) is 0 Å². The molecule has 2 aromatic carbocycles. The van der Waals surface area contributed by atoms with Gasteiger partial charge in [-0.25, -0.2) is 9.18 Å². The van der Waals surface area contributed by atoms with Crippen LogP contribution in [0.2, 0.25) is 5.02 Å². The van der Waals surface area contributed by atoms with Crippen molar-refractivity contribution in [2.24, 2.45) is 0 Å². The first kappa shape index (κ1) is 19.6. The van der Waals surface area contributed by atoms with Crippen molar-refractivity contribution < 1.29 is 23.5 Å². The number of halogens is 2. The number of esters is 1. The van der Waals surface area contributed by atoms with Crippen LogP contribution in [0.1, 0.15) is 12.5 Å². The molecule has 144 valence electrons. The van der Waals surface area contributed by atoms with Gasteiger partial charge in [-0.2, -0.15) is 0 Å². The molecular formula is C20H16ClFN2O4. The summed E-state index contributed by atoms with van der Waals surface area (Å²) in [7, 11) is 0. The molecule has 0 spiro atoms. The van der Waals surface area contributed by atoms with Crippen molar-refractivity contribution in [2.45, 2.75) is 13.0 Å². The maximum absolute atomic E-state index is 13.2. The second-order valence-corrected chi connectivity index (χ2v) is 6.48. The summed E-state index contributed by atoms with van der Waals surface area (Å²) >= 11 is 5.69. The lowest BCUT2D eigenvalue weighted by atomic mass is 10.1. The molecule has 1 N–H and O–H groups in total. The fraction of sp³-hybridized carbons (Fsp3) is 0.150. The van der Waals surface area contributed by atoms with Crippen molar-refractivity contribution in [3.05, 3.63) is 64.9 Å². The van der Waals surface area contributed by atoms with Gasteiger partial charge >= 0.3 is 5.97 Å². The Labute approximate surface area is 165 Å². The van der Waals surface area contributed by atoms with Crippen LogP contribution >= 0.6 is 11.6 Å². The lowest BCUT2D eigenvalue weighted by Gasteiger charge is -2.30. The van der Waals surface area contributed by atoms with Crippen molar-refractivity contribution >= 4 is 46.8 Å². The smallest absolute Gasteiger partial charge is 0.331 e. The zero-order chi connectivity index (χ0) is 20.3. The van der Waals surface area contributed by atoms with Crippen LogP contribution in [0.5, 0.6) is 0 Å². The van der Waals surface area contributed by atoms with Gasteiger partial charge in [0.2, 0.25) is 5.91 Å². The van der Waals surface area contributed by atoms with Gasteiger partial charge in [-0.15, -0.1) is 0 Å². The van der Waals surface area contributed by atoms with Gasteiger partial charge in [0.25, 0.3) is 5.91 Å². The molecule has 8 heteroatoms. The number of rotatable bonds is 4. The Balaban J connectivity index is 1.67. The van der Waals surface area contributed by atoms with Gasteiger partial charge in [0.05, 0.1) is 16.4 Å². The molecule has 0 fully saturated rings. The fourth-order valence-electron chi connectivity index (χ4n) is 2.69. The predicted octanol–water partition coefficient (Wildman–Crippen LogP) is 3.41. The predicted molar refractivity (Wildman–Crippen MR) is 103 cm³/mol. The van der Waals surface area contributed by atoms with Crippen LogP contribution in [0.25, 0.3) is 6.08 Å². The zero-order valence-corrected chi connectivity index (χ0v) is 15.6. The average Bonchev–Trinajstić information content (AvgIpc) is 2.67. The van der Waals surface area contributed by atoms with Gasteiger partial charge in [-0.3, -0.25) is 14.5 Å². The monoisotopic (exact) mass is 402 g/mol. The van der Waals surface area contributed by atoms with E-state index in [0.29, 0.717) is 16.9 Å². The molecule has 0 bridgehead atoms. The van der Waals surface area contributed by atoms with Gasteiger partial charge in [0.1, 0.15) is 12.4 Å².